The number of carbonyl (C=O) groups is 2. The topological polar surface area (TPSA) is 65.5 Å². The predicted molar refractivity (Wildman–Crippen MR) is 118 cm³/mol. The van der Waals surface area contributed by atoms with E-state index < -0.39 is 54.7 Å². The number of anilines is 2. The van der Waals surface area contributed by atoms with Crippen LogP contribution in [0.3, 0.4) is 0 Å². The van der Waals surface area contributed by atoms with Gasteiger partial charge in [-0.15, -0.1) is 0 Å². The SMILES string of the molecule is CN(C(=O)[C@@H]1CNC(=O)N1c1ccc2nccc([Se]C(F)(F)F)c2c1)c1ccc(F)c(Cl)c1F. The Labute approximate surface area is 200 Å². The maximum absolute atomic E-state index is 14.5. The van der Waals surface area contributed by atoms with E-state index in [2.05, 4.69) is 10.3 Å². The van der Waals surface area contributed by atoms with E-state index in [1.165, 1.54) is 37.5 Å². The number of aromatic nitrogens is 1. The number of urea groups is 1. The van der Waals surface area contributed by atoms with E-state index >= 15 is 0 Å². The summed E-state index contributed by atoms with van der Waals surface area (Å²) in [5.41, 5.74) is 0.169. The summed E-state index contributed by atoms with van der Waals surface area (Å²) in [5, 5.41) is -2.47. The third-order valence-corrected chi connectivity index (χ3v) is 7.20. The standard InChI is InChI=1S/C21H14ClF5N4O2Se/c1-30(14-5-3-12(23)17(22)18(14)24)19(32)15-9-29-20(33)31(15)10-2-4-13-11(8-10)16(6-7-28-13)34-21(25,26)27/h2-8,15H,9H2,1H3,(H,29,33)/t15-/m0/s1. The van der Waals surface area contributed by atoms with Crippen molar-refractivity contribution in [3.05, 3.63) is 59.3 Å². The third-order valence-electron chi connectivity index (χ3n) is 5.16. The van der Waals surface area contributed by atoms with Crippen molar-refractivity contribution in [2.45, 2.75) is 11.1 Å². The quantitative estimate of drug-likeness (QED) is 0.300. The summed E-state index contributed by atoms with van der Waals surface area (Å²) in [7, 11) is 1.24. The van der Waals surface area contributed by atoms with Gasteiger partial charge in [-0.25, -0.2) is 4.39 Å². The van der Waals surface area contributed by atoms with Crippen LogP contribution in [0.2, 0.25) is 5.02 Å². The Hall–Kier alpha value is -2.95. The van der Waals surface area contributed by atoms with E-state index in [0.29, 0.717) is 5.52 Å². The molecule has 0 saturated carbocycles. The van der Waals surface area contributed by atoms with Gasteiger partial charge in [0.1, 0.15) is 0 Å². The van der Waals surface area contributed by atoms with Crippen molar-refractivity contribution in [3.8, 4) is 0 Å². The van der Waals surface area contributed by atoms with Crippen LogP contribution in [-0.2, 0) is 4.79 Å². The molecule has 1 atom stereocenters. The fourth-order valence-electron chi connectivity index (χ4n) is 3.59. The fourth-order valence-corrected chi connectivity index (χ4v) is 5.11. The van der Waals surface area contributed by atoms with Gasteiger partial charge in [0.25, 0.3) is 0 Å². The number of alkyl halides is 3. The summed E-state index contributed by atoms with van der Waals surface area (Å²) in [6.45, 7) is -0.136. The summed E-state index contributed by atoms with van der Waals surface area (Å²) >= 11 is 3.75. The van der Waals surface area contributed by atoms with Crippen LogP contribution in [0.4, 0.5) is 38.1 Å². The molecule has 0 unspecified atom stereocenters. The Kier molecular flexibility index (Phi) is 6.41. The van der Waals surface area contributed by atoms with E-state index in [1.54, 1.807) is 0 Å². The molecule has 6 nitrogen and oxygen atoms in total. The van der Waals surface area contributed by atoms with Crippen molar-refractivity contribution in [3.63, 3.8) is 0 Å². The zero-order valence-corrected chi connectivity index (χ0v) is 19.6. The summed E-state index contributed by atoms with van der Waals surface area (Å²) < 4.78 is 67.2. The molecule has 34 heavy (non-hydrogen) atoms. The first-order chi connectivity index (χ1) is 16.0. The number of pyridine rings is 1. The number of benzene rings is 2. The molecule has 1 fully saturated rings. The van der Waals surface area contributed by atoms with E-state index in [0.717, 1.165) is 21.9 Å². The van der Waals surface area contributed by atoms with Gasteiger partial charge in [-0.3, -0.25) is 0 Å². The number of hydrogen-bond donors (Lipinski definition) is 1. The van der Waals surface area contributed by atoms with Gasteiger partial charge in [0.15, 0.2) is 0 Å². The minimum atomic E-state index is -4.40. The van der Waals surface area contributed by atoms with E-state index in [1.807, 2.05) is 0 Å². The summed E-state index contributed by atoms with van der Waals surface area (Å²) in [6, 6.07) is 5.68. The zero-order valence-electron chi connectivity index (χ0n) is 17.2. The van der Waals surface area contributed by atoms with Crippen molar-refractivity contribution in [1.29, 1.82) is 0 Å². The third kappa shape index (κ3) is 4.53. The fraction of sp³-hybridized carbons (Fsp3) is 0.190. The molecule has 0 radical (unpaired) electrons. The monoisotopic (exact) mass is 564 g/mol. The van der Waals surface area contributed by atoms with Crippen molar-refractivity contribution in [1.82, 2.24) is 10.3 Å². The van der Waals surface area contributed by atoms with Gasteiger partial charge in [-0.05, 0) is 0 Å². The predicted octanol–water partition coefficient (Wildman–Crippen LogP) is 3.58. The van der Waals surface area contributed by atoms with Gasteiger partial charge < -0.3 is 0 Å². The van der Waals surface area contributed by atoms with E-state index in [4.69, 9.17) is 11.6 Å². The van der Waals surface area contributed by atoms with Gasteiger partial charge in [-0.2, -0.15) is 0 Å². The van der Waals surface area contributed by atoms with Crippen LogP contribution < -0.4 is 19.6 Å². The van der Waals surface area contributed by atoms with Crippen LogP contribution in [0.25, 0.3) is 10.9 Å². The molecule has 0 spiro atoms. The molecule has 1 N–H and O–H groups in total. The Bertz CT molecular complexity index is 1310. The second kappa shape index (κ2) is 9.01. The average Bonchev–Trinajstić information content (AvgIpc) is 3.17. The molecule has 4 rings (SSSR count). The zero-order chi connectivity index (χ0) is 24.8. The van der Waals surface area contributed by atoms with Crippen LogP contribution in [-0.4, -0.2) is 56.6 Å². The molecule has 1 aliphatic heterocycles. The molecule has 1 saturated heterocycles. The molecule has 3 amide bonds. The molecule has 0 aliphatic carbocycles. The molecule has 3 aromatic rings. The van der Waals surface area contributed by atoms with Gasteiger partial charge in [-0.1, -0.05) is 0 Å². The van der Waals surface area contributed by atoms with Crippen molar-refractivity contribution in [2.24, 2.45) is 0 Å². The van der Waals surface area contributed by atoms with Crippen molar-refractivity contribution >= 4 is 65.2 Å². The first kappa shape index (κ1) is 24.2. The Morgan fingerprint density at radius 2 is 1.97 bits per heavy atom. The molecular formula is C21H14ClF5N4O2Se. The van der Waals surface area contributed by atoms with Crippen molar-refractivity contribution in [2.75, 3.05) is 23.4 Å². The Balaban J connectivity index is 1.71. The first-order valence-electron chi connectivity index (χ1n) is 9.60. The maximum atomic E-state index is 14.5. The number of hydrogen-bond acceptors (Lipinski definition) is 3. The number of carbonyl (C=O) groups excluding carboxylic acids is 2. The van der Waals surface area contributed by atoms with Gasteiger partial charge >= 0.3 is 196 Å². The van der Waals surface area contributed by atoms with Gasteiger partial charge in [0, 0.05) is 0 Å². The number of nitrogens with one attached hydrogen (secondary N) is 1. The van der Waals surface area contributed by atoms with Crippen LogP contribution >= 0.6 is 11.6 Å². The summed E-state index contributed by atoms with van der Waals surface area (Å²) in [6.07, 6.45) is 1.27. The summed E-state index contributed by atoms with van der Waals surface area (Å²) in [4.78, 5) is 31.8. The number of fused-ring (bicyclic) bond motifs is 1. The Morgan fingerprint density at radius 1 is 1.24 bits per heavy atom. The first-order valence-corrected chi connectivity index (χ1v) is 11.7. The van der Waals surface area contributed by atoms with Crippen LogP contribution in [0.5, 0.6) is 0 Å². The molecule has 178 valence electrons. The van der Waals surface area contributed by atoms with Crippen LogP contribution in [0.1, 0.15) is 0 Å². The second-order valence-electron chi connectivity index (χ2n) is 7.22. The van der Waals surface area contributed by atoms with Crippen LogP contribution in [0, 0.1) is 11.6 Å². The average molecular weight is 564 g/mol. The number of likely N-dealkylation sites (N-methyl/N-ethyl adjacent to an activating group) is 1. The number of rotatable bonds is 4. The molecule has 0 bridgehead atoms. The minimum absolute atomic E-state index is 0.0227. The molecule has 1 aliphatic rings. The molecule has 2 aromatic carbocycles. The Morgan fingerprint density at radius 3 is 2.68 bits per heavy atom. The van der Waals surface area contributed by atoms with Gasteiger partial charge in [0.05, 0.1) is 0 Å². The second-order valence-corrected chi connectivity index (χ2v) is 9.92. The number of amides is 3. The molecule has 2 heterocycles. The normalized spacial score (nSPS) is 16.1. The van der Waals surface area contributed by atoms with Crippen LogP contribution in [0.15, 0.2) is 42.6 Å². The number of nitrogens with zero attached hydrogens (tertiary/aromatic N) is 3. The van der Waals surface area contributed by atoms with E-state index in [-0.39, 0.29) is 27.8 Å². The molecule has 1 aromatic heterocycles. The molecular weight excluding hydrogens is 550 g/mol. The summed E-state index contributed by atoms with van der Waals surface area (Å²) in [5.74, 6) is -2.85. The van der Waals surface area contributed by atoms with Crippen molar-refractivity contribution < 1.29 is 31.5 Å². The molecule has 13 heteroatoms. The number of halogens is 6. The van der Waals surface area contributed by atoms with E-state index in [9.17, 15) is 31.5 Å². The van der Waals surface area contributed by atoms with Gasteiger partial charge in [0.2, 0.25) is 0 Å².